The molecule has 1 N–H and O–H groups in total. The van der Waals surface area contributed by atoms with Crippen molar-refractivity contribution in [2.45, 2.75) is 25.1 Å². The Morgan fingerprint density at radius 1 is 1.24 bits per heavy atom. The summed E-state index contributed by atoms with van der Waals surface area (Å²) in [7, 11) is 1.33. The Kier molecular flexibility index (Phi) is 4.68. The number of aromatic nitrogens is 7. The van der Waals surface area contributed by atoms with Gasteiger partial charge in [0.15, 0.2) is 0 Å². The second-order valence-corrected chi connectivity index (χ2v) is 7.49. The molecule has 1 aliphatic rings. The Hall–Kier alpha value is -3.84. The molecule has 5 heterocycles. The fourth-order valence-corrected chi connectivity index (χ4v) is 3.91. The summed E-state index contributed by atoms with van der Waals surface area (Å²) in [4.78, 5) is 25.6. The number of alkyl halides is 5. The van der Waals surface area contributed by atoms with Crippen LogP contribution in [0.5, 0.6) is 0 Å². The van der Waals surface area contributed by atoms with Gasteiger partial charge < -0.3 is 9.88 Å². The van der Waals surface area contributed by atoms with Gasteiger partial charge in [-0.25, -0.2) is 27.9 Å². The van der Waals surface area contributed by atoms with Gasteiger partial charge in [0, 0.05) is 31.9 Å². The molecule has 33 heavy (non-hydrogen) atoms. The van der Waals surface area contributed by atoms with Gasteiger partial charge in [-0.05, 0) is 18.2 Å². The molecule has 0 bridgehead atoms. The average molecular weight is 466 g/mol. The highest BCUT2D eigenvalue weighted by molar-refractivity contribution is 5.91. The number of carbonyl (C=O) groups excluding carboxylic acids is 1. The van der Waals surface area contributed by atoms with Crippen LogP contribution in [-0.2, 0) is 19.6 Å². The zero-order chi connectivity index (χ0) is 23.5. The summed E-state index contributed by atoms with van der Waals surface area (Å²) in [5, 5.41) is 7.86. The standard InChI is InChI=1S/C19H15F5N8O/c1-30-17(27-16(29-30)15(20)21)18(33)31-5-4-11-13(26-8-25-11)14(31)12-6-10-3-2-9(19(22,23)24)7-32(10)28-12/h2-3,6-8,14-15H,4-5H2,1H3,(H,25,26)/t14-/m0/s1. The molecule has 4 aromatic rings. The fraction of sp³-hybridized carbons (Fsp3) is 0.316. The summed E-state index contributed by atoms with van der Waals surface area (Å²) in [6.07, 6.45) is -4.79. The number of hydrogen-bond donors (Lipinski definition) is 1. The Labute approximate surface area is 181 Å². The molecule has 0 spiro atoms. The third kappa shape index (κ3) is 3.50. The molecule has 0 saturated carbocycles. The lowest BCUT2D eigenvalue weighted by atomic mass is 9.99. The predicted octanol–water partition coefficient (Wildman–Crippen LogP) is 2.93. The lowest BCUT2D eigenvalue weighted by Gasteiger charge is -2.33. The third-order valence-electron chi connectivity index (χ3n) is 5.44. The van der Waals surface area contributed by atoms with Crippen molar-refractivity contribution in [1.82, 2.24) is 39.2 Å². The van der Waals surface area contributed by atoms with E-state index in [1.165, 1.54) is 24.3 Å². The number of aryl methyl sites for hydroxylation is 1. The second kappa shape index (κ2) is 7.35. The number of H-pyrrole nitrogens is 1. The van der Waals surface area contributed by atoms with Crippen LogP contribution in [-0.4, -0.2) is 51.7 Å². The highest BCUT2D eigenvalue weighted by atomic mass is 19.4. The average Bonchev–Trinajstić information content (AvgIpc) is 3.48. The van der Waals surface area contributed by atoms with Gasteiger partial charge >= 0.3 is 6.18 Å². The van der Waals surface area contributed by atoms with Crippen LogP contribution in [0.2, 0.25) is 0 Å². The minimum absolute atomic E-state index is 0.178. The quantitative estimate of drug-likeness (QED) is 0.469. The monoisotopic (exact) mass is 466 g/mol. The summed E-state index contributed by atoms with van der Waals surface area (Å²) in [5.41, 5.74) is 0.979. The van der Waals surface area contributed by atoms with Crippen LogP contribution in [0.4, 0.5) is 22.0 Å². The van der Waals surface area contributed by atoms with Gasteiger partial charge in [-0.1, -0.05) is 0 Å². The number of pyridine rings is 1. The zero-order valence-electron chi connectivity index (χ0n) is 16.9. The van der Waals surface area contributed by atoms with E-state index in [4.69, 9.17) is 0 Å². The van der Waals surface area contributed by atoms with E-state index in [-0.39, 0.29) is 18.1 Å². The molecule has 172 valence electrons. The van der Waals surface area contributed by atoms with Gasteiger partial charge in [-0.3, -0.25) is 4.79 Å². The molecule has 0 unspecified atom stereocenters. The molecule has 1 aliphatic heterocycles. The number of aromatic amines is 1. The van der Waals surface area contributed by atoms with Gasteiger partial charge in [-0.15, -0.1) is 5.10 Å². The minimum Gasteiger partial charge on any atom is -0.348 e. The van der Waals surface area contributed by atoms with E-state index < -0.39 is 35.9 Å². The highest BCUT2D eigenvalue weighted by Gasteiger charge is 2.38. The molecular formula is C19H15F5N8O. The molecule has 1 amide bonds. The maximum absolute atomic E-state index is 13.3. The number of carbonyl (C=O) groups is 1. The Balaban J connectivity index is 1.59. The number of halogens is 5. The van der Waals surface area contributed by atoms with Gasteiger partial charge in [0.05, 0.1) is 28.8 Å². The van der Waals surface area contributed by atoms with Gasteiger partial charge in [-0.2, -0.15) is 18.3 Å². The van der Waals surface area contributed by atoms with E-state index in [2.05, 4.69) is 25.1 Å². The van der Waals surface area contributed by atoms with Crippen molar-refractivity contribution >= 4 is 11.4 Å². The first kappa shape index (κ1) is 21.0. The number of fused-ring (bicyclic) bond motifs is 2. The molecular weight excluding hydrogens is 451 g/mol. The van der Waals surface area contributed by atoms with Crippen molar-refractivity contribution in [2.24, 2.45) is 7.05 Å². The molecule has 5 rings (SSSR count). The van der Waals surface area contributed by atoms with E-state index in [9.17, 15) is 26.7 Å². The van der Waals surface area contributed by atoms with Gasteiger partial charge in [0.25, 0.3) is 12.3 Å². The maximum Gasteiger partial charge on any atom is 0.417 e. The molecule has 9 nitrogen and oxygen atoms in total. The predicted molar refractivity (Wildman–Crippen MR) is 101 cm³/mol. The number of rotatable bonds is 3. The van der Waals surface area contributed by atoms with Crippen LogP contribution in [0.3, 0.4) is 0 Å². The Bertz CT molecular complexity index is 1350. The molecule has 0 aromatic carbocycles. The normalized spacial score (nSPS) is 16.6. The van der Waals surface area contributed by atoms with E-state index in [1.807, 2.05) is 0 Å². The maximum atomic E-state index is 13.3. The topological polar surface area (TPSA) is 97.0 Å². The number of nitrogens with one attached hydrogen (secondary N) is 1. The van der Waals surface area contributed by atoms with E-state index >= 15 is 0 Å². The van der Waals surface area contributed by atoms with Crippen molar-refractivity contribution in [3.63, 3.8) is 0 Å². The van der Waals surface area contributed by atoms with Crippen LogP contribution >= 0.6 is 0 Å². The smallest absolute Gasteiger partial charge is 0.348 e. The fourth-order valence-electron chi connectivity index (χ4n) is 3.91. The van der Waals surface area contributed by atoms with Crippen molar-refractivity contribution in [2.75, 3.05) is 6.54 Å². The SMILES string of the molecule is Cn1nc(C(F)F)nc1C(=O)N1CCc2[nH]cnc2[C@@H]1c1cc2ccc(C(F)(F)F)cn2n1. The Morgan fingerprint density at radius 2 is 2.03 bits per heavy atom. The lowest BCUT2D eigenvalue weighted by Crippen LogP contribution is -2.42. The summed E-state index contributed by atoms with van der Waals surface area (Å²) >= 11 is 0. The zero-order valence-corrected chi connectivity index (χ0v) is 16.9. The van der Waals surface area contributed by atoms with E-state index in [0.717, 1.165) is 27.2 Å². The molecule has 0 radical (unpaired) electrons. The molecule has 0 aliphatic carbocycles. The van der Waals surface area contributed by atoms with Crippen LogP contribution in [0, 0.1) is 0 Å². The highest BCUT2D eigenvalue weighted by Crippen LogP contribution is 2.35. The number of hydrogen-bond acceptors (Lipinski definition) is 5. The third-order valence-corrected chi connectivity index (χ3v) is 5.44. The minimum atomic E-state index is -4.55. The van der Waals surface area contributed by atoms with Gasteiger partial charge in [0.2, 0.25) is 11.6 Å². The number of nitrogens with zero attached hydrogens (tertiary/aromatic N) is 7. The summed E-state index contributed by atoms with van der Waals surface area (Å²) in [6.45, 7) is 0.178. The molecule has 0 fully saturated rings. The lowest BCUT2D eigenvalue weighted by molar-refractivity contribution is -0.137. The summed E-state index contributed by atoms with van der Waals surface area (Å²) in [6, 6.07) is 2.90. The number of amides is 1. The summed E-state index contributed by atoms with van der Waals surface area (Å²) in [5.74, 6) is -1.75. The van der Waals surface area contributed by atoms with Crippen molar-refractivity contribution in [1.29, 1.82) is 0 Å². The largest absolute Gasteiger partial charge is 0.417 e. The van der Waals surface area contributed by atoms with Crippen LogP contribution in [0.15, 0.2) is 30.7 Å². The molecule has 4 aromatic heterocycles. The number of imidazole rings is 1. The first-order chi connectivity index (χ1) is 15.6. The van der Waals surface area contributed by atoms with Crippen LogP contribution in [0.25, 0.3) is 5.52 Å². The van der Waals surface area contributed by atoms with Gasteiger partial charge in [0.1, 0.15) is 6.04 Å². The molecule has 1 atom stereocenters. The first-order valence-electron chi connectivity index (χ1n) is 9.72. The van der Waals surface area contributed by atoms with Crippen molar-refractivity contribution in [3.8, 4) is 0 Å². The Morgan fingerprint density at radius 3 is 2.73 bits per heavy atom. The van der Waals surface area contributed by atoms with Crippen LogP contribution in [0.1, 0.15) is 51.6 Å². The van der Waals surface area contributed by atoms with Crippen molar-refractivity contribution < 1.29 is 26.7 Å². The van der Waals surface area contributed by atoms with E-state index in [1.54, 1.807) is 6.07 Å². The summed E-state index contributed by atoms with van der Waals surface area (Å²) < 4.78 is 67.4. The molecule has 0 saturated heterocycles. The van der Waals surface area contributed by atoms with Crippen LogP contribution < -0.4 is 0 Å². The van der Waals surface area contributed by atoms with Crippen molar-refractivity contribution in [3.05, 3.63) is 65.0 Å². The molecule has 14 heteroatoms. The second-order valence-electron chi connectivity index (χ2n) is 7.49. The first-order valence-corrected chi connectivity index (χ1v) is 9.72. The van der Waals surface area contributed by atoms with E-state index in [0.29, 0.717) is 17.6 Å².